The van der Waals surface area contributed by atoms with Gasteiger partial charge in [-0.25, -0.2) is 0 Å². The van der Waals surface area contributed by atoms with E-state index < -0.39 is 50.2 Å². The third-order valence-electron chi connectivity index (χ3n) is 20.8. The van der Waals surface area contributed by atoms with Gasteiger partial charge in [0.05, 0.1) is 0 Å². The summed E-state index contributed by atoms with van der Waals surface area (Å²) in [5.41, 5.74) is -1.40. The first-order valence-electron chi connectivity index (χ1n) is 33.9. The monoisotopic (exact) mass is 1380 g/mol. The van der Waals surface area contributed by atoms with Crippen LogP contribution in [0.1, 0.15) is 22.3 Å². The second-order valence-electron chi connectivity index (χ2n) is 26.5. The van der Waals surface area contributed by atoms with E-state index in [0.717, 1.165) is 97.3 Å². The summed E-state index contributed by atoms with van der Waals surface area (Å²) < 4.78 is 120. The van der Waals surface area contributed by atoms with Crippen LogP contribution in [-0.4, -0.2) is 7.32 Å². The fourth-order valence-corrected chi connectivity index (χ4v) is 27.5. The predicted molar refractivity (Wildman–Crippen MR) is 416 cm³/mol. The second kappa shape index (κ2) is 25.0. The van der Waals surface area contributed by atoms with Crippen molar-refractivity contribution < 1.29 is 39.9 Å². The molecule has 0 N–H and O–H groups in total. The van der Waals surface area contributed by atoms with Gasteiger partial charge in [-0.2, -0.15) is 0 Å². The Morgan fingerprint density at radius 2 is 0.441 bits per heavy atom. The van der Waals surface area contributed by atoms with E-state index in [1.54, 1.807) is 0 Å². The number of hydrogen-bond donors (Lipinski definition) is 0. The normalized spacial score (nSPS) is 13.2. The van der Waals surface area contributed by atoms with Crippen LogP contribution in [0.15, 0.2) is 358 Å². The summed E-state index contributed by atoms with van der Waals surface area (Å²) in [4.78, 5) is 0. The average Bonchev–Trinajstić information content (AvgIpc) is 0.680. The molecule has 0 amide bonds. The molecule has 496 valence electrons. The van der Waals surface area contributed by atoms with Gasteiger partial charge in [-0.1, -0.05) is 0 Å². The Bertz CT molecular complexity index is 5320. The van der Waals surface area contributed by atoms with E-state index in [9.17, 15) is 0 Å². The summed E-state index contributed by atoms with van der Waals surface area (Å²) in [5, 5.41) is 19.4. The fourth-order valence-electron chi connectivity index (χ4n) is 16.0. The summed E-state index contributed by atoms with van der Waals surface area (Å²) in [6, 6.07) is 116. The van der Waals surface area contributed by atoms with Gasteiger partial charge >= 0.3 is 589 Å². The average molecular weight is 1380 g/mol. The van der Waals surface area contributed by atoms with E-state index >= 15 is 26.3 Å². The SMILES string of the molecule is FC(F)(F)c1cc(OB(OP(Cc2c3cc4ccccc4cc3cc3cc4ccccc4cc23)(c2ccccc2)(c2ccccc2)c2ccccc2)OP(Cc2c3cc4ccccc4cc3cc3cc4ccccc4cc23)(c2ccccc2)(c2ccccc2)c2ccccc2)cc(C(F)(F)F)c1. The van der Waals surface area contributed by atoms with Crippen LogP contribution in [0, 0.1) is 0 Å². The Labute approximate surface area is 586 Å². The Hall–Kier alpha value is -11.0. The minimum absolute atomic E-state index is 0.0415. The molecule has 0 aromatic heterocycles. The number of hydrogen-bond acceptors (Lipinski definition) is 3. The van der Waals surface area contributed by atoms with Gasteiger partial charge in [-0.3, -0.25) is 0 Å². The number of halogens is 6. The van der Waals surface area contributed by atoms with Crippen LogP contribution in [0.4, 0.5) is 26.3 Å². The zero-order valence-corrected chi connectivity index (χ0v) is 56.7. The molecule has 3 nitrogen and oxygen atoms in total. The van der Waals surface area contributed by atoms with Gasteiger partial charge in [0.1, 0.15) is 0 Å². The molecule has 0 aliphatic heterocycles. The van der Waals surface area contributed by atoms with Crippen LogP contribution in [-0.2, 0) is 33.6 Å². The van der Waals surface area contributed by atoms with Crippen LogP contribution in [0.3, 0.4) is 0 Å². The van der Waals surface area contributed by atoms with Crippen molar-refractivity contribution in [3.05, 3.63) is 380 Å². The molecule has 0 heterocycles. The van der Waals surface area contributed by atoms with Crippen molar-refractivity contribution >= 4 is 139 Å². The van der Waals surface area contributed by atoms with E-state index in [2.05, 4.69) is 109 Å². The Morgan fingerprint density at radius 3 is 0.667 bits per heavy atom. The van der Waals surface area contributed by atoms with Crippen molar-refractivity contribution in [3.63, 3.8) is 0 Å². The standard InChI is InChI=1S/C90H63BF6O3P2/c92-89(93,94)74-57-75(90(95,96)97)59-76(58-74)98-91(99-101(77-35-7-1-8-36-77,78-37-9-2-10-38-78,79-39-11-3-12-40-79)60-87-83-53-66-31-23-19-27-62(66)47-70(83)51-71-48-63-28-20-24-32-67(63)54-84(71)87)100-102(80-41-13-4-14-42-80,81-43-15-5-16-44-81,82-45-17-6-18-46-82)61-88-85-55-68-33-25-21-29-64(68)49-72(85)52-73-50-65-30-22-26-34-69(65)56-86(73)88/h1-59H,60-61H2. The molecule has 17 aromatic rings. The topological polar surface area (TPSA) is 27.7 Å². The first kappa shape index (κ1) is 64.4. The van der Waals surface area contributed by atoms with Gasteiger partial charge in [0, 0.05) is 0 Å². The summed E-state index contributed by atoms with van der Waals surface area (Å²) in [6.07, 6.45) is -10.5. The van der Waals surface area contributed by atoms with Crippen LogP contribution < -0.4 is 36.5 Å². The third-order valence-corrected chi connectivity index (χ3v) is 32.2. The van der Waals surface area contributed by atoms with Crippen LogP contribution >= 0.6 is 13.7 Å². The van der Waals surface area contributed by atoms with Crippen molar-refractivity contribution in [3.8, 4) is 5.75 Å². The molecule has 0 fully saturated rings. The number of benzene rings is 17. The molecule has 0 unspecified atom stereocenters. The molecule has 102 heavy (non-hydrogen) atoms. The molecule has 0 saturated heterocycles. The van der Waals surface area contributed by atoms with E-state index in [1.807, 2.05) is 231 Å². The molecule has 17 rings (SSSR count). The Kier molecular flexibility index (Phi) is 15.8. The summed E-state index contributed by atoms with van der Waals surface area (Å²) in [5.74, 6) is -0.791. The fraction of sp³-hybridized carbons (Fsp3) is 0.0444. The summed E-state index contributed by atoms with van der Waals surface area (Å²) >= 11 is 0. The zero-order valence-electron chi connectivity index (χ0n) is 54.9. The van der Waals surface area contributed by atoms with E-state index in [-0.39, 0.29) is 18.4 Å². The first-order chi connectivity index (χ1) is 49.6. The van der Waals surface area contributed by atoms with Crippen molar-refractivity contribution in [1.29, 1.82) is 0 Å². The molecule has 0 spiro atoms. The molecule has 0 bridgehead atoms. The van der Waals surface area contributed by atoms with Gasteiger partial charge < -0.3 is 0 Å². The van der Waals surface area contributed by atoms with Gasteiger partial charge in [0.25, 0.3) is 0 Å². The van der Waals surface area contributed by atoms with Gasteiger partial charge in [-0.05, 0) is 0 Å². The van der Waals surface area contributed by atoms with E-state index in [1.165, 1.54) is 0 Å². The van der Waals surface area contributed by atoms with E-state index in [4.69, 9.17) is 13.5 Å². The molecule has 0 radical (unpaired) electrons. The third kappa shape index (κ3) is 10.8. The van der Waals surface area contributed by atoms with Crippen molar-refractivity contribution in [1.82, 2.24) is 0 Å². The molecule has 0 aliphatic carbocycles. The minimum atomic E-state index is -5.34. The van der Waals surface area contributed by atoms with Crippen LogP contribution in [0.25, 0.3) is 86.2 Å². The quantitative estimate of drug-likeness (QED) is 0.0418. The van der Waals surface area contributed by atoms with Gasteiger partial charge in [0.15, 0.2) is 0 Å². The van der Waals surface area contributed by atoms with Crippen LogP contribution in [0.2, 0.25) is 0 Å². The maximum atomic E-state index is 15.8. The number of alkyl halides is 6. The molecule has 17 aromatic carbocycles. The first-order valence-corrected chi connectivity index (χ1v) is 38.5. The molecule has 0 saturated carbocycles. The van der Waals surface area contributed by atoms with Crippen LogP contribution in [0.5, 0.6) is 5.75 Å². The molecular formula is C90H63BF6O3P2. The van der Waals surface area contributed by atoms with Gasteiger partial charge in [0.2, 0.25) is 0 Å². The summed E-state index contributed by atoms with van der Waals surface area (Å²) in [6.45, 7) is -10.7. The molecule has 0 atom stereocenters. The van der Waals surface area contributed by atoms with Crippen molar-refractivity contribution in [2.75, 3.05) is 0 Å². The Morgan fingerprint density at radius 1 is 0.235 bits per heavy atom. The van der Waals surface area contributed by atoms with Crippen molar-refractivity contribution in [2.24, 2.45) is 0 Å². The number of fused-ring (bicyclic) bond motifs is 8. The van der Waals surface area contributed by atoms with Gasteiger partial charge in [-0.15, -0.1) is 0 Å². The summed E-state index contributed by atoms with van der Waals surface area (Å²) in [7, 11) is -2.24. The predicted octanol–water partition coefficient (Wildman–Crippen LogP) is 22.6. The molecular weight excluding hydrogens is 1320 g/mol. The molecule has 12 heteroatoms. The Balaban J connectivity index is 1.06. The number of rotatable bonds is 16. The van der Waals surface area contributed by atoms with E-state index in [0.29, 0.717) is 44.0 Å². The van der Waals surface area contributed by atoms with Crippen molar-refractivity contribution in [2.45, 2.75) is 24.7 Å². The second-order valence-corrected chi connectivity index (χ2v) is 35.5. The molecule has 0 aliphatic rings. The maximum absolute atomic E-state index is 15.8. The zero-order chi connectivity index (χ0) is 69.3.